The highest BCUT2D eigenvalue weighted by atomic mass is 32.2. The third-order valence-corrected chi connectivity index (χ3v) is 5.01. The van der Waals surface area contributed by atoms with Crippen LogP contribution in [0.1, 0.15) is 23.7 Å². The smallest absolute Gasteiger partial charge is 0.265 e. The van der Waals surface area contributed by atoms with Crippen LogP contribution < -0.4 is 4.72 Å². The zero-order chi connectivity index (χ0) is 16.3. The molecule has 23 heavy (non-hydrogen) atoms. The molecule has 1 aromatic heterocycles. The molecule has 2 aromatic rings. The monoisotopic (exact) mass is 332 g/mol. The van der Waals surface area contributed by atoms with Gasteiger partial charge in [0.25, 0.3) is 10.0 Å². The number of benzene rings is 1. The van der Waals surface area contributed by atoms with Gasteiger partial charge in [0.1, 0.15) is 4.90 Å². The zero-order valence-corrected chi connectivity index (χ0v) is 13.1. The number of aromatic nitrogens is 1. The summed E-state index contributed by atoms with van der Waals surface area (Å²) >= 11 is 0. The van der Waals surface area contributed by atoms with Gasteiger partial charge in [-0.25, -0.2) is 13.1 Å². The first kappa shape index (κ1) is 15.6. The Kier molecular flexibility index (Phi) is 4.40. The lowest BCUT2D eigenvalue weighted by Crippen LogP contribution is -2.32. The third kappa shape index (κ3) is 3.57. The lowest BCUT2D eigenvalue weighted by molar-refractivity contribution is -0.122. The topological polar surface area (TPSA) is 85.4 Å². The minimum Gasteiger partial charge on any atom is -0.373 e. The van der Waals surface area contributed by atoms with Gasteiger partial charge < -0.3 is 4.74 Å². The average molecular weight is 332 g/mol. The van der Waals surface area contributed by atoms with Gasteiger partial charge >= 0.3 is 0 Å². The van der Waals surface area contributed by atoms with Gasteiger partial charge in [0.15, 0.2) is 0 Å². The Balaban J connectivity index is 1.71. The Hall–Kier alpha value is -2.25. The van der Waals surface area contributed by atoms with Crippen molar-refractivity contribution in [2.24, 2.45) is 0 Å². The lowest BCUT2D eigenvalue weighted by atomic mass is 9.96. The van der Waals surface area contributed by atoms with Gasteiger partial charge in [-0.15, -0.1) is 0 Å². The number of pyridine rings is 1. The van der Waals surface area contributed by atoms with Crippen molar-refractivity contribution in [3.8, 4) is 0 Å². The van der Waals surface area contributed by atoms with Crippen molar-refractivity contribution in [1.29, 1.82) is 0 Å². The molecule has 7 heteroatoms. The molecule has 0 saturated carbocycles. The summed E-state index contributed by atoms with van der Waals surface area (Å²) in [5.74, 6) is -0.601. The molecule has 1 aliphatic rings. The molecule has 0 aliphatic carbocycles. The zero-order valence-electron chi connectivity index (χ0n) is 12.3. The molecule has 1 aliphatic heterocycles. The first-order chi connectivity index (χ1) is 11.1. The standard InChI is InChI=1S/C16H16N2O4S/c19-16(18-23(20,21)13-5-3-8-17-11-13)10-15-14-6-2-1-4-12(14)7-9-22-15/h1-6,8,11,15H,7,9-10H2,(H,18,19)/t15-/m1/s1. The molecule has 1 amide bonds. The Morgan fingerprint density at radius 2 is 2.09 bits per heavy atom. The fourth-order valence-corrected chi connectivity index (χ4v) is 3.53. The summed E-state index contributed by atoms with van der Waals surface area (Å²) in [5.41, 5.74) is 2.07. The normalized spacial score (nSPS) is 17.3. The highest BCUT2D eigenvalue weighted by molar-refractivity contribution is 7.90. The first-order valence-electron chi connectivity index (χ1n) is 7.21. The molecule has 0 spiro atoms. The highest BCUT2D eigenvalue weighted by Gasteiger charge is 2.25. The van der Waals surface area contributed by atoms with Crippen LogP contribution in [0.15, 0.2) is 53.7 Å². The Morgan fingerprint density at radius 3 is 2.87 bits per heavy atom. The summed E-state index contributed by atoms with van der Waals surface area (Å²) in [5, 5.41) is 0. The summed E-state index contributed by atoms with van der Waals surface area (Å²) in [6.07, 6.45) is 2.98. The van der Waals surface area contributed by atoms with Crippen molar-refractivity contribution < 1.29 is 17.9 Å². The van der Waals surface area contributed by atoms with Crippen LogP contribution >= 0.6 is 0 Å². The summed E-state index contributed by atoms with van der Waals surface area (Å²) in [7, 11) is -3.91. The van der Waals surface area contributed by atoms with Crippen LogP contribution in [0.25, 0.3) is 0 Å². The van der Waals surface area contributed by atoms with E-state index in [0.29, 0.717) is 6.61 Å². The van der Waals surface area contributed by atoms with E-state index in [0.717, 1.165) is 17.5 Å². The van der Waals surface area contributed by atoms with Gasteiger partial charge in [0, 0.05) is 12.4 Å². The summed E-state index contributed by atoms with van der Waals surface area (Å²) in [4.78, 5) is 15.8. The fraction of sp³-hybridized carbons (Fsp3) is 0.250. The van der Waals surface area contributed by atoms with E-state index in [1.54, 1.807) is 0 Å². The SMILES string of the molecule is O=C(C[C@H]1OCCc2ccccc21)NS(=O)(=O)c1cccnc1. The number of hydrogen-bond acceptors (Lipinski definition) is 5. The molecule has 1 atom stereocenters. The van der Waals surface area contributed by atoms with E-state index in [1.807, 2.05) is 24.3 Å². The summed E-state index contributed by atoms with van der Waals surface area (Å²) in [6.45, 7) is 0.518. The Bertz CT molecular complexity index is 806. The van der Waals surface area contributed by atoms with Crippen LogP contribution in [0.5, 0.6) is 0 Å². The number of amides is 1. The minimum atomic E-state index is -3.91. The number of nitrogens with one attached hydrogen (secondary N) is 1. The van der Waals surface area contributed by atoms with Crippen LogP contribution in [0, 0.1) is 0 Å². The van der Waals surface area contributed by atoms with Gasteiger partial charge in [0.05, 0.1) is 19.1 Å². The number of hydrogen-bond donors (Lipinski definition) is 1. The second-order valence-corrected chi connectivity index (χ2v) is 6.91. The van der Waals surface area contributed by atoms with Crippen molar-refractivity contribution in [2.75, 3.05) is 6.61 Å². The number of sulfonamides is 1. The number of rotatable bonds is 4. The number of carbonyl (C=O) groups excluding carboxylic acids is 1. The van der Waals surface area contributed by atoms with E-state index in [9.17, 15) is 13.2 Å². The van der Waals surface area contributed by atoms with Gasteiger partial charge in [-0.2, -0.15) is 0 Å². The molecule has 2 heterocycles. The summed E-state index contributed by atoms with van der Waals surface area (Å²) in [6, 6.07) is 10.6. The van der Waals surface area contributed by atoms with Crippen LogP contribution in [0.3, 0.4) is 0 Å². The number of carbonyl (C=O) groups is 1. The van der Waals surface area contributed by atoms with Crippen LogP contribution in [0.4, 0.5) is 0 Å². The summed E-state index contributed by atoms with van der Waals surface area (Å²) < 4.78 is 31.9. The van der Waals surface area contributed by atoms with E-state index in [4.69, 9.17) is 4.74 Å². The largest absolute Gasteiger partial charge is 0.373 e. The molecule has 0 unspecified atom stereocenters. The van der Waals surface area contributed by atoms with Gasteiger partial charge in [-0.3, -0.25) is 9.78 Å². The quantitative estimate of drug-likeness (QED) is 0.919. The van der Waals surface area contributed by atoms with Crippen molar-refractivity contribution in [1.82, 2.24) is 9.71 Å². The Morgan fingerprint density at radius 1 is 1.26 bits per heavy atom. The van der Waals surface area contributed by atoms with Crippen LogP contribution in [0.2, 0.25) is 0 Å². The number of ether oxygens (including phenoxy) is 1. The predicted octanol–water partition coefficient (Wildman–Crippen LogP) is 1.59. The number of fused-ring (bicyclic) bond motifs is 1. The predicted molar refractivity (Wildman–Crippen MR) is 83.0 cm³/mol. The molecule has 0 saturated heterocycles. The third-order valence-electron chi connectivity index (χ3n) is 3.66. The maximum absolute atomic E-state index is 12.1. The van der Waals surface area contributed by atoms with E-state index >= 15 is 0 Å². The molecule has 120 valence electrons. The van der Waals surface area contributed by atoms with E-state index in [2.05, 4.69) is 9.71 Å². The van der Waals surface area contributed by atoms with E-state index in [1.165, 1.54) is 24.5 Å². The van der Waals surface area contributed by atoms with Crippen molar-refractivity contribution in [3.05, 3.63) is 59.9 Å². The molecule has 0 fully saturated rings. The Labute approximate surface area is 134 Å². The van der Waals surface area contributed by atoms with E-state index in [-0.39, 0.29) is 11.3 Å². The second-order valence-electron chi connectivity index (χ2n) is 5.23. The van der Waals surface area contributed by atoms with E-state index < -0.39 is 22.0 Å². The molecule has 1 aromatic carbocycles. The molecule has 6 nitrogen and oxygen atoms in total. The molecular weight excluding hydrogens is 316 g/mol. The van der Waals surface area contributed by atoms with Crippen molar-refractivity contribution in [3.63, 3.8) is 0 Å². The molecule has 1 N–H and O–H groups in total. The molecular formula is C16H16N2O4S. The number of nitrogens with zero attached hydrogens (tertiary/aromatic N) is 1. The lowest BCUT2D eigenvalue weighted by Gasteiger charge is -2.25. The van der Waals surface area contributed by atoms with Crippen molar-refractivity contribution in [2.45, 2.75) is 23.8 Å². The fourth-order valence-electron chi connectivity index (χ4n) is 2.57. The van der Waals surface area contributed by atoms with Crippen LogP contribution in [-0.2, 0) is 26.0 Å². The first-order valence-corrected chi connectivity index (χ1v) is 8.70. The average Bonchev–Trinajstić information content (AvgIpc) is 2.55. The highest BCUT2D eigenvalue weighted by Crippen LogP contribution is 2.29. The molecule has 0 bridgehead atoms. The maximum Gasteiger partial charge on any atom is 0.265 e. The van der Waals surface area contributed by atoms with Crippen molar-refractivity contribution >= 4 is 15.9 Å². The van der Waals surface area contributed by atoms with Gasteiger partial charge in [0.2, 0.25) is 5.91 Å². The van der Waals surface area contributed by atoms with Crippen LogP contribution in [-0.4, -0.2) is 25.9 Å². The maximum atomic E-state index is 12.1. The minimum absolute atomic E-state index is 0.0432. The second kappa shape index (κ2) is 6.47. The molecule has 3 rings (SSSR count). The molecule has 0 radical (unpaired) electrons. The van der Waals surface area contributed by atoms with Gasteiger partial charge in [-0.05, 0) is 29.7 Å². The van der Waals surface area contributed by atoms with Gasteiger partial charge in [-0.1, -0.05) is 24.3 Å².